The fourth-order valence-corrected chi connectivity index (χ4v) is 5.23. The summed E-state index contributed by atoms with van der Waals surface area (Å²) in [6, 6.07) is 0. The van der Waals surface area contributed by atoms with Crippen LogP contribution in [0.5, 0.6) is 0 Å². The van der Waals surface area contributed by atoms with Gasteiger partial charge in [0.05, 0.1) is 18.8 Å². The highest BCUT2D eigenvalue weighted by Gasteiger charge is 2.66. The van der Waals surface area contributed by atoms with Gasteiger partial charge in [0.25, 0.3) is 0 Å². The van der Waals surface area contributed by atoms with E-state index in [2.05, 4.69) is 6.58 Å². The molecule has 0 spiro atoms. The molecule has 1 aliphatic heterocycles. The van der Waals surface area contributed by atoms with E-state index in [9.17, 15) is 4.79 Å². The normalized spacial score (nSPS) is 48.8. The van der Waals surface area contributed by atoms with E-state index in [1.165, 1.54) is 19.3 Å². The Hall–Kier alpha value is -0.830. The molecule has 7 unspecified atom stereocenters. The summed E-state index contributed by atoms with van der Waals surface area (Å²) in [5.41, 5.74) is 0.501. The minimum atomic E-state index is -0.239. The van der Waals surface area contributed by atoms with Crippen molar-refractivity contribution in [2.24, 2.45) is 29.6 Å². The van der Waals surface area contributed by atoms with Crippen molar-refractivity contribution in [1.82, 2.24) is 0 Å². The van der Waals surface area contributed by atoms with Crippen LogP contribution < -0.4 is 0 Å². The van der Waals surface area contributed by atoms with Crippen LogP contribution in [0, 0.1) is 29.6 Å². The second kappa shape index (κ2) is 4.08. The molecule has 3 aliphatic carbocycles. The van der Waals surface area contributed by atoms with Crippen LogP contribution in [0.4, 0.5) is 0 Å². The van der Waals surface area contributed by atoms with Gasteiger partial charge in [0.15, 0.2) is 0 Å². The van der Waals surface area contributed by atoms with Crippen LogP contribution in [-0.4, -0.2) is 24.8 Å². The van der Waals surface area contributed by atoms with Crippen molar-refractivity contribution in [3.8, 4) is 0 Å². The monoisotopic (exact) mass is 262 g/mol. The molecule has 0 aromatic heterocycles. The largest absolute Gasteiger partial charge is 0.462 e. The number of fused-ring (bicyclic) bond motifs is 7. The molecule has 3 saturated carbocycles. The van der Waals surface area contributed by atoms with Gasteiger partial charge in [-0.25, -0.2) is 4.79 Å². The van der Waals surface area contributed by atoms with E-state index in [1.54, 1.807) is 6.92 Å². The van der Waals surface area contributed by atoms with Gasteiger partial charge in [-0.2, -0.15) is 0 Å². The van der Waals surface area contributed by atoms with Crippen LogP contribution in [0.15, 0.2) is 12.2 Å². The quantitative estimate of drug-likeness (QED) is 0.444. The summed E-state index contributed by atoms with van der Waals surface area (Å²) in [4.78, 5) is 11.4. The SMILES string of the molecule is C=C(C)C(=O)OCCC1CC2CC1C1CC3OC3C21. The zero-order valence-corrected chi connectivity index (χ0v) is 11.5. The zero-order valence-electron chi connectivity index (χ0n) is 11.5. The first kappa shape index (κ1) is 12.0. The molecule has 0 N–H and O–H groups in total. The van der Waals surface area contributed by atoms with E-state index in [0.29, 0.717) is 24.4 Å². The molecule has 104 valence electrons. The molecule has 0 radical (unpaired) electrons. The first-order valence-electron chi connectivity index (χ1n) is 7.63. The van der Waals surface area contributed by atoms with E-state index in [4.69, 9.17) is 9.47 Å². The van der Waals surface area contributed by atoms with Gasteiger partial charge in [-0.3, -0.25) is 0 Å². The third-order valence-electron chi connectivity index (χ3n) is 5.95. The highest BCUT2D eigenvalue weighted by molar-refractivity contribution is 5.86. The molecule has 0 aromatic rings. The molecule has 0 amide bonds. The lowest BCUT2D eigenvalue weighted by molar-refractivity contribution is -0.139. The first-order valence-corrected chi connectivity index (χ1v) is 7.63. The minimum absolute atomic E-state index is 0.239. The van der Waals surface area contributed by atoms with E-state index in [0.717, 1.165) is 36.0 Å². The lowest BCUT2D eigenvalue weighted by Gasteiger charge is -2.32. The number of hydrogen-bond acceptors (Lipinski definition) is 3. The lowest BCUT2D eigenvalue weighted by Crippen LogP contribution is -2.29. The Bertz CT molecular complexity index is 430. The van der Waals surface area contributed by atoms with Gasteiger partial charge in [0.1, 0.15) is 0 Å². The molecule has 0 aromatic carbocycles. The van der Waals surface area contributed by atoms with Crippen LogP contribution in [0.25, 0.3) is 0 Å². The third-order valence-corrected chi connectivity index (χ3v) is 5.95. The Kier molecular flexibility index (Phi) is 2.57. The molecule has 4 rings (SSSR count). The summed E-state index contributed by atoms with van der Waals surface area (Å²) in [5, 5.41) is 0. The summed E-state index contributed by atoms with van der Waals surface area (Å²) in [5.74, 6) is 4.12. The Morgan fingerprint density at radius 1 is 1.32 bits per heavy atom. The van der Waals surface area contributed by atoms with Crippen molar-refractivity contribution in [3.05, 3.63) is 12.2 Å². The van der Waals surface area contributed by atoms with Gasteiger partial charge in [0, 0.05) is 5.57 Å². The van der Waals surface area contributed by atoms with Gasteiger partial charge in [0.2, 0.25) is 0 Å². The van der Waals surface area contributed by atoms with Crippen LogP contribution in [0.1, 0.15) is 32.6 Å². The van der Waals surface area contributed by atoms with Crippen molar-refractivity contribution in [1.29, 1.82) is 0 Å². The van der Waals surface area contributed by atoms with Crippen molar-refractivity contribution in [3.63, 3.8) is 0 Å². The summed E-state index contributed by atoms with van der Waals surface area (Å²) in [6.45, 7) is 5.89. The first-order chi connectivity index (χ1) is 9.15. The molecule has 7 atom stereocenters. The molecule has 3 nitrogen and oxygen atoms in total. The highest BCUT2D eigenvalue weighted by atomic mass is 16.6. The molecule has 4 aliphatic rings. The average molecular weight is 262 g/mol. The maximum Gasteiger partial charge on any atom is 0.333 e. The van der Waals surface area contributed by atoms with Gasteiger partial charge < -0.3 is 9.47 Å². The Balaban J connectivity index is 1.31. The number of esters is 1. The van der Waals surface area contributed by atoms with E-state index in [-0.39, 0.29) is 5.97 Å². The number of hydrogen-bond donors (Lipinski definition) is 0. The lowest BCUT2D eigenvalue weighted by atomic mass is 9.74. The molecule has 4 fully saturated rings. The number of carbonyl (C=O) groups excluding carboxylic acids is 1. The molecule has 2 bridgehead atoms. The maximum absolute atomic E-state index is 11.4. The van der Waals surface area contributed by atoms with E-state index in [1.807, 2.05) is 0 Å². The summed E-state index contributed by atoms with van der Waals surface area (Å²) in [7, 11) is 0. The van der Waals surface area contributed by atoms with Gasteiger partial charge >= 0.3 is 5.97 Å². The second-order valence-corrected chi connectivity index (χ2v) is 6.98. The highest BCUT2D eigenvalue weighted by Crippen LogP contribution is 2.66. The van der Waals surface area contributed by atoms with E-state index >= 15 is 0 Å². The Morgan fingerprint density at radius 3 is 2.95 bits per heavy atom. The number of epoxide rings is 1. The molecule has 1 heterocycles. The van der Waals surface area contributed by atoms with Crippen LogP contribution >= 0.6 is 0 Å². The number of carbonyl (C=O) groups is 1. The summed E-state index contributed by atoms with van der Waals surface area (Å²) in [6.07, 6.45) is 6.32. The fourth-order valence-electron chi connectivity index (χ4n) is 5.23. The smallest absolute Gasteiger partial charge is 0.333 e. The van der Waals surface area contributed by atoms with E-state index < -0.39 is 0 Å². The van der Waals surface area contributed by atoms with Gasteiger partial charge in [-0.05, 0) is 62.2 Å². The fraction of sp³-hybridized carbons (Fsp3) is 0.812. The van der Waals surface area contributed by atoms with Gasteiger partial charge in [-0.1, -0.05) is 6.58 Å². The van der Waals surface area contributed by atoms with Crippen LogP contribution in [-0.2, 0) is 14.3 Å². The predicted molar refractivity (Wildman–Crippen MR) is 70.4 cm³/mol. The molecule has 3 heteroatoms. The predicted octanol–water partition coefficient (Wildman–Crippen LogP) is 2.56. The summed E-state index contributed by atoms with van der Waals surface area (Å²) < 4.78 is 11.0. The van der Waals surface area contributed by atoms with Crippen molar-refractivity contribution in [2.45, 2.75) is 44.8 Å². The average Bonchev–Trinajstić information content (AvgIpc) is 2.76. The number of ether oxygens (including phenoxy) is 2. The standard InChI is InChI=1S/C16H22O3/c1-8(2)16(17)18-4-3-9-5-10-6-11(9)12-7-13-15(19-13)14(10)12/h9-15H,1,3-7H2,2H3. The van der Waals surface area contributed by atoms with Crippen LogP contribution in [0.2, 0.25) is 0 Å². The van der Waals surface area contributed by atoms with Crippen molar-refractivity contribution >= 4 is 5.97 Å². The molecular weight excluding hydrogens is 240 g/mol. The second-order valence-electron chi connectivity index (χ2n) is 6.98. The topological polar surface area (TPSA) is 38.8 Å². The van der Waals surface area contributed by atoms with Crippen molar-refractivity contribution < 1.29 is 14.3 Å². The number of rotatable bonds is 4. The molecule has 19 heavy (non-hydrogen) atoms. The Labute approximate surface area is 114 Å². The Morgan fingerprint density at radius 2 is 2.16 bits per heavy atom. The van der Waals surface area contributed by atoms with Crippen LogP contribution in [0.3, 0.4) is 0 Å². The minimum Gasteiger partial charge on any atom is -0.462 e. The zero-order chi connectivity index (χ0) is 13.1. The molecular formula is C16H22O3. The summed E-state index contributed by atoms with van der Waals surface area (Å²) >= 11 is 0. The van der Waals surface area contributed by atoms with Crippen molar-refractivity contribution in [2.75, 3.05) is 6.61 Å². The third kappa shape index (κ3) is 1.78. The molecule has 1 saturated heterocycles. The maximum atomic E-state index is 11.4. The van der Waals surface area contributed by atoms with Gasteiger partial charge in [-0.15, -0.1) is 0 Å².